The number of amides is 1. The summed E-state index contributed by atoms with van der Waals surface area (Å²) >= 11 is 6.03. The Balaban J connectivity index is 1.88. The van der Waals surface area contributed by atoms with E-state index in [0.29, 0.717) is 23.7 Å². The summed E-state index contributed by atoms with van der Waals surface area (Å²) in [5.74, 6) is 0.0565. The largest absolute Gasteiger partial charge is 0.378 e. The molecule has 0 spiro atoms. The molecule has 1 aromatic carbocycles. The maximum Gasteiger partial charge on any atom is 0.253 e. The van der Waals surface area contributed by atoms with Crippen LogP contribution in [0.15, 0.2) is 18.2 Å². The van der Waals surface area contributed by atoms with Crippen LogP contribution >= 0.6 is 11.6 Å². The maximum absolute atomic E-state index is 12.5. The highest BCUT2D eigenvalue weighted by molar-refractivity contribution is 6.31. The molecule has 0 radical (unpaired) electrons. The lowest BCUT2D eigenvalue weighted by atomic mass is 10.1. The summed E-state index contributed by atoms with van der Waals surface area (Å²) in [7, 11) is 0. The van der Waals surface area contributed by atoms with E-state index in [9.17, 15) is 4.79 Å². The van der Waals surface area contributed by atoms with Crippen LogP contribution in [0, 0.1) is 6.92 Å². The topological polar surface area (TPSA) is 55.6 Å². The number of hydrogen-bond acceptors (Lipinski definition) is 3. The molecule has 1 aromatic rings. The molecule has 2 N–H and O–H groups in total. The molecule has 0 unspecified atom stereocenters. The van der Waals surface area contributed by atoms with Gasteiger partial charge in [-0.2, -0.15) is 0 Å². The molecule has 1 heterocycles. The predicted molar refractivity (Wildman–Crippen MR) is 84.7 cm³/mol. The molecule has 1 amide bonds. The zero-order valence-electron chi connectivity index (χ0n) is 12.5. The SMILES string of the molecule is Cc1cc(Cl)cc(C(=O)N2CCC(OCCCN)CC2)c1. The molecule has 0 aliphatic carbocycles. The third kappa shape index (κ3) is 4.70. The summed E-state index contributed by atoms with van der Waals surface area (Å²) < 4.78 is 5.76. The molecule has 1 saturated heterocycles. The molecule has 0 atom stereocenters. The lowest BCUT2D eigenvalue weighted by Gasteiger charge is -2.32. The van der Waals surface area contributed by atoms with Crippen LogP contribution in [0.25, 0.3) is 0 Å². The smallest absolute Gasteiger partial charge is 0.253 e. The third-order valence-electron chi connectivity index (χ3n) is 3.72. The van der Waals surface area contributed by atoms with E-state index >= 15 is 0 Å². The van der Waals surface area contributed by atoms with E-state index in [-0.39, 0.29) is 12.0 Å². The van der Waals surface area contributed by atoms with Gasteiger partial charge < -0.3 is 15.4 Å². The molecule has 0 bridgehead atoms. The van der Waals surface area contributed by atoms with Gasteiger partial charge in [0.05, 0.1) is 6.10 Å². The zero-order valence-corrected chi connectivity index (χ0v) is 13.2. The Morgan fingerprint density at radius 1 is 1.38 bits per heavy atom. The van der Waals surface area contributed by atoms with E-state index in [0.717, 1.165) is 37.9 Å². The third-order valence-corrected chi connectivity index (χ3v) is 3.94. The number of nitrogens with zero attached hydrogens (tertiary/aromatic N) is 1. The molecule has 0 saturated carbocycles. The van der Waals surface area contributed by atoms with Crippen LogP contribution in [0.4, 0.5) is 0 Å². The fourth-order valence-electron chi connectivity index (χ4n) is 2.60. The molecular weight excluding hydrogens is 288 g/mol. The molecule has 0 aromatic heterocycles. The molecule has 2 rings (SSSR count). The number of halogens is 1. The van der Waals surface area contributed by atoms with Crippen LogP contribution in [0.2, 0.25) is 5.02 Å². The highest BCUT2D eigenvalue weighted by Crippen LogP contribution is 2.20. The Hall–Kier alpha value is -1.10. The average molecular weight is 311 g/mol. The molecule has 1 aliphatic heterocycles. The van der Waals surface area contributed by atoms with Gasteiger partial charge in [-0.05, 0) is 56.5 Å². The number of carbonyl (C=O) groups excluding carboxylic acids is 1. The minimum atomic E-state index is 0.0565. The second kappa shape index (κ2) is 7.78. The summed E-state index contributed by atoms with van der Waals surface area (Å²) in [5, 5.41) is 0.610. The van der Waals surface area contributed by atoms with E-state index in [2.05, 4.69) is 0 Å². The summed E-state index contributed by atoms with van der Waals surface area (Å²) in [5.41, 5.74) is 7.13. The van der Waals surface area contributed by atoms with Crippen molar-refractivity contribution < 1.29 is 9.53 Å². The minimum absolute atomic E-state index is 0.0565. The summed E-state index contributed by atoms with van der Waals surface area (Å²) in [6, 6.07) is 5.48. The number of hydrogen-bond donors (Lipinski definition) is 1. The minimum Gasteiger partial charge on any atom is -0.378 e. The van der Waals surface area contributed by atoms with Gasteiger partial charge in [-0.3, -0.25) is 4.79 Å². The summed E-state index contributed by atoms with van der Waals surface area (Å²) in [4.78, 5) is 14.4. The van der Waals surface area contributed by atoms with Crippen molar-refractivity contribution in [2.75, 3.05) is 26.2 Å². The molecule has 21 heavy (non-hydrogen) atoms. The average Bonchev–Trinajstić information content (AvgIpc) is 2.46. The number of benzene rings is 1. The van der Waals surface area contributed by atoms with E-state index in [1.807, 2.05) is 24.0 Å². The van der Waals surface area contributed by atoms with Crippen molar-refractivity contribution in [3.05, 3.63) is 34.3 Å². The first-order valence-corrected chi connectivity index (χ1v) is 7.86. The summed E-state index contributed by atoms with van der Waals surface area (Å²) in [6.45, 7) is 4.78. The second-order valence-corrected chi connectivity index (χ2v) is 5.96. The van der Waals surface area contributed by atoms with E-state index in [4.69, 9.17) is 22.1 Å². The van der Waals surface area contributed by atoms with Gasteiger partial charge >= 0.3 is 0 Å². The maximum atomic E-state index is 12.5. The van der Waals surface area contributed by atoms with Gasteiger partial charge in [0.2, 0.25) is 0 Å². The van der Waals surface area contributed by atoms with Gasteiger partial charge in [0, 0.05) is 30.3 Å². The van der Waals surface area contributed by atoms with Gasteiger partial charge in [0.25, 0.3) is 5.91 Å². The van der Waals surface area contributed by atoms with Crippen LogP contribution in [0.3, 0.4) is 0 Å². The highest BCUT2D eigenvalue weighted by atomic mass is 35.5. The number of piperidine rings is 1. The first-order valence-electron chi connectivity index (χ1n) is 7.48. The van der Waals surface area contributed by atoms with Crippen LogP contribution < -0.4 is 5.73 Å². The molecular formula is C16H23ClN2O2. The fourth-order valence-corrected chi connectivity index (χ4v) is 2.89. The van der Waals surface area contributed by atoms with Gasteiger partial charge in [0.1, 0.15) is 0 Å². The quantitative estimate of drug-likeness (QED) is 0.851. The van der Waals surface area contributed by atoms with Crippen molar-refractivity contribution in [3.63, 3.8) is 0 Å². The lowest BCUT2D eigenvalue weighted by molar-refractivity contribution is 0.00844. The Labute approximate surface area is 131 Å². The molecule has 5 heteroatoms. The van der Waals surface area contributed by atoms with E-state index in [1.54, 1.807) is 6.07 Å². The Bertz CT molecular complexity index is 465. The number of rotatable bonds is 5. The van der Waals surface area contributed by atoms with Crippen molar-refractivity contribution in [1.29, 1.82) is 0 Å². The first-order chi connectivity index (χ1) is 10.1. The Morgan fingerprint density at radius 3 is 2.71 bits per heavy atom. The standard InChI is InChI=1S/C16H23ClN2O2/c1-12-9-13(11-14(17)10-12)16(20)19-6-3-15(4-7-19)21-8-2-5-18/h9-11,15H,2-8,18H2,1H3. The van der Waals surface area contributed by atoms with Crippen molar-refractivity contribution in [1.82, 2.24) is 4.90 Å². The predicted octanol–water partition coefficient (Wildman–Crippen LogP) is 2.62. The van der Waals surface area contributed by atoms with Gasteiger partial charge in [0.15, 0.2) is 0 Å². The van der Waals surface area contributed by atoms with Crippen LogP contribution in [0.1, 0.15) is 35.2 Å². The number of nitrogens with two attached hydrogens (primary N) is 1. The van der Waals surface area contributed by atoms with Crippen molar-refractivity contribution in [3.8, 4) is 0 Å². The van der Waals surface area contributed by atoms with Crippen LogP contribution in [-0.2, 0) is 4.74 Å². The van der Waals surface area contributed by atoms with Gasteiger partial charge in [-0.15, -0.1) is 0 Å². The van der Waals surface area contributed by atoms with Crippen LogP contribution in [0.5, 0.6) is 0 Å². The molecule has 4 nitrogen and oxygen atoms in total. The molecule has 116 valence electrons. The number of aryl methyl sites for hydroxylation is 1. The highest BCUT2D eigenvalue weighted by Gasteiger charge is 2.24. The summed E-state index contributed by atoms with van der Waals surface area (Å²) in [6.07, 6.45) is 2.91. The van der Waals surface area contributed by atoms with Crippen molar-refractivity contribution in [2.45, 2.75) is 32.3 Å². The van der Waals surface area contributed by atoms with E-state index in [1.165, 1.54) is 0 Å². The second-order valence-electron chi connectivity index (χ2n) is 5.52. The monoisotopic (exact) mass is 310 g/mol. The molecule has 1 fully saturated rings. The van der Waals surface area contributed by atoms with Crippen molar-refractivity contribution in [2.24, 2.45) is 5.73 Å². The zero-order chi connectivity index (χ0) is 15.2. The van der Waals surface area contributed by atoms with Crippen LogP contribution in [-0.4, -0.2) is 43.2 Å². The fraction of sp³-hybridized carbons (Fsp3) is 0.562. The normalized spacial score (nSPS) is 16.2. The first kappa shape index (κ1) is 16.3. The Morgan fingerprint density at radius 2 is 2.10 bits per heavy atom. The van der Waals surface area contributed by atoms with Gasteiger partial charge in [-0.1, -0.05) is 11.6 Å². The number of likely N-dealkylation sites (tertiary alicyclic amines) is 1. The number of carbonyl (C=O) groups is 1. The molecule has 1 aliphatic rings. The lowest BCUT2D eigenvalue weighted by Crippen LogP contribution is -2.41. The Kier molecular flexibility index (Phi) is 6.03. The van der Waals surface area contributed by atoms with Crippen molar-refractivity contribution >= 4 is 17.5 Å². The van der Waals surface area contributed by atoms with E-state index < -0.39 is 0 Å². The van der Waals surface area contributed by atoms with Gasteiger partial charge in [-0.25, -0.2) is 0 Å². The number of ether oxygens (including phenoxy) is 1.